The van der Waals surface area contributed by atoms with E-state index in [-0.39, 0.29) is 6.61 Å². The smallest absolute Gasteiger partial charge is 0.134 e. The first kappa shape index (κ1) is 17.5. The van der Waals surface area contributed by atoms with Gasteiger partial charge in [0, 0.05) is 24.4 Å². The van der Waals surface area contributed by atoms with Gasteiger partial charge in [0.05, 0.1) is 0 Å². The molecule has 0 aliphatic carbocycles. The van der Waals surface area contributed by atoms with Crippen LogP contribution >= 0.6 is 0 Å². The second kappa shape index (κ2) is 8.19. The van der Waals surface area contributed by atoms with Crippen LogP contribution in [0.25, 0.3) is 11.0 Å². The molecule has 0 fully saturated rings. The number of aliphatic hydroxyl groups excluding tert-OH is 1. The molecule has 0 bridgehead atoms. The van der Waals surface area contributed by atoms with E-state index in [0.29, 0.717) is 12.6 Å². The monoisotopic (exact) mass is 339 g/mol. The molecule has 1 atom stereocenters. The highest BCUT2D eigenvalue weighted by Crippen LogP contribution is 2.25. The maximum absolute atomic E-state index is 9.93. The van der Waals surface area contributed by atoms with Gasteiger partial charge in [0.15, 0.2) is 0 Å². The van der Waals surface area contributed by atoms with Crippen molar-refractivity contribution in [1.29, 1.82) is 0 Å². The zero-order chi connectivity index (χ0) is 17.6. The van der Waals surface area contributed by atoms with Crippen molar-refractivity contribution in [3.8, 4) is 5.75 Å². The zero-order valence-corrected chi connectivity index (χ0v) is 14.7. The average molecular weight is 339 g/mol. The lowest BCUT2D eigenvalue weighted by Gasteiger charge is -2.14. The van der Waals surface area contributed by atoms with Crippen molar-refractivity contribution >= 4 is 11.0 Å². The van der Waals surface area contributed by atoms with Gasteiger partial charge in [-0.2, -0.15) is 0 Å². The normalized spacial score (nSPS) is 12.6. The Morgan fingerprint density at radius 1 is 1.08 bits per heavy atom. The van der Waals surface area contributed by atoms with Gasteiger partial charge in [0.1, 0.15) is 29.8 Å². The zero-order valence-electron chi connectivity index (χ0n) is 14.7. The lowest BCUT2D eigenvalue weighted by molar-refractivity contribution is 0.105. The molecule has 0 spiro atoms. The van der Waals surface area contributed by atoms with Gasteiger partial charge in [-0.15, -0.1) is 0 Å². The SMILES string of the molecule is CC(C)NCC(O)COc1ccc2oc(Cc3ccccc3)cc2c1. The molecule has 1 heterocycles. The summed E-state index contributed by atoms with van der Waals surface area (Å²) < 4.78 is 11.6. The van der Waals surface area contributed by atoms with Crippen LogP contribution in [-0.4, -0.2) is 30.4 Å². The van der Waals surface area contributed by atoms with Gasteiger partial charge in [-0.25, -0.2) is 0 Å². The lowest BCUT2D eigenvalue weighted by Crippen LogP contribution is -2.35. The quantitative estimate of drug-likeness (QED) is 0.656. The molecule has 2 aromatic carbocycles. The predicted octanol–water partition coefficient (Wildman–Crippen LogP) is 3.76. The molecule has 2 N–H and O–H groups in total. The maximum Gasteiger partial charge on any atom is 0.134 e. The Morgan fingerprint density at radius 3 is 2.64 bits per heavy atom. The van der Waals surface area contributed by atoms with E-state index >= 15 is 0 Å². The van der Waals surface area contributed by atoms with Gasteiger partial charge in [-0.05, 0) is 29.8 Å². The van der Waals surface area contributed by atoms with Gasteiger partial charge < -0.3 is 19.6 Å². The van der Waals surface area contributed by atoms with E-state index in [9.17, 15) is 5.11 Å². The van der Waals surface area contributed by atoms with Gasteiger partial charge >= 0.3 is 0 Å². The van der Waals surface area contributed by atoms with Crippen LogP contribution in [0.5, 0.6) is 5.75 Å². The number of nitrogens with one attached hydrogen (secondary N) is 1. The Hall–Kier alpha value is -2.30. The van der Waals surface area contributed by atoms with E-state index in [2.05, 4.69) is 17.4 Å². The summed E-state index contributed by atoms with van der Waals surface area (Å²) in [6, 6.07) is 18.4. The standard InChI is InChI=1S/C21H25NO3/c1-15(2)22-13-18(23)14-24-19-8-9-21-17(11-19)12-20(25-21)10-16-6-4-3-5-7-16/h3-9,11-12,15,18,22-23H,10,13-14H2,1-2H3. The molecular weight excluding hydrogens is 314 g/mol. The summed E-state index contributed by atoms with van der Waals surface area (Å²) in [4.78, 5) is 0. The first-order valence-corrected chi connectivity index (χ1v) is 8.71. The van der Waals surface area contributed by atoms with Crippen molar-refractivity contribution in [3.63, 3.8) is 0 Å². The summed E-state index contributed by atoms with van der Waals surface area (Å²) in [6.45, 7) is 4.88. The summed E-state index contributed by atoms with van der Waals surface area (Å²) in [5.41, 5.74) is 2.07. The second-order valence-corrected chi connectivity index (χ2v) is 6.60. The van der Waals surface area contributed by atoms with Crippen LogP contribution in [0.3, 0.4) is 0 Å². The highest BCUT2D eigenvalue weighted by Gasteiger charge is 2.09. The highest BCUT2D eigenvalue weighted by molar-refractivity contribution is 5.79. The molecule has 0 aliphatic heterocycles. The van der Waals surface area contributed by atoms with Crippen molar-refractivity contribution in [2.75, 3.05) is 13.2 Å². The molecule has 25 heavy (non-hydrogen) atoms. The summed E-state index contributed by atoms with van der Waals surface area (Å²) >= 11 is 0. The number of fused-ring (bicyclic) bond motifs is 1. The molecule has 4 heteroatoms. The fraction of sp³-hybridized carbons (Fsp3) is 0.333. The lowest BCUT2D eigenvalue weighted by atomic mass is 10.1. The summed E-state index contributed by atoms with van der Waals surface area (Å²) in [5, 5.41) is 14.1. The Morgan fingerprint density at radius 2 is 1.88 bits per heavy atom. The van der Waals surface area contributed by atoms with Gasteiger partial charge in [0.25, 0.3) is 0 Å². The number of aliphatic hydroxyl groups is 1. The Kier molecular flexibility index (Phi) is 5.74. The van der Waals surface area contributed by atoms with E-state index in [1.165, 1.54) is 5.56 Å². The van der Waals surface area contributed by atoms with Crippen LogP contribution in [0.1, 0.15) is 25.2 Å². The molecule has 3 aromatic rings. The minimum absolute atomic E-state index is 0.264. The molecule has 3 rings (SSSR count). The van der Waals surface area contributed by atoms with E-state index in [1.54, 1.807) is 0 Å². The van der Waals surface area contributed by atoms with Crippen molar-refractivity contribution in [1.82, 2.24) is 5.32 Å². The third kappa shape index (κ3) is 5.08. The number of rotatable bonds is 8. The molecule has 0 aliphatic rings. The number of furan rings is 1. The van der Waals surface area contributed by atoms with Gasteiger partial charge in [0.2, 0.25) is 0 Å². The topological polar surface area (TPSA) is 54.6 Å². The number of hydrogen-bond acceptors (Lipinski definition) is 4. The molecule has 0 amide bonds. The molecular formula is C21H25NO3. The fourth-order valence-corrected chi connectivity index (χ4v) is 2.67. The molecule has 0 saturated heterocycles. The Labute approximate surface area is 148 Å². The summed E-state index contributed by atoms with van der Waals surface area (Å²) in [7, 11) is 0. The largest absolute Gasteiger partial charge is 0.491 e. The van der Waals surface area contributed by atoms with Crippen molar-refractivity contribution in [3.05, 3.63) is 65.9 Å². The van der Waals surface area contributed by atoms with E-state index in [4.69, 9.17) is 9.15 Å². The maximum atomic E-state index is 9.93. The fourth-order valence-electron chi connectivity index (χ4n) is 2.67. The van der Waals surface area contributed by atoms with Crippen molar-refractivity contribution in [2.24, 2.45) is 0 Å². The predicted molar refractivity (Wildman–Crippen MR) is 100 cm³/mol. The Bertz CT molecular complexity index is 795. The Balaban J connectivity index is 1.62. The van der Waals surface area contributed by atoms with Crippen LogP contribution in [0, 0.1) is 0 Å². The molecule has 0 saturated carbocycles. The third-order valence-electron chi connectivity index (χ3n) is 3.96. The van der Waals surface area contributed by atoms with Crippen molar-refractivity contribution in [2.45, 2.75) is 32.4 Å². The average Bonchev–Trinajstić information content (AvgIpc) is 3.00. The van der Waals surface area contributed by atoms with Crippen LogP contribution in [0.4, 0.5) is 0 Å². The van der Waals surface area contributed by atoms with Crippen LogP contribution in [-0.2, 0) is 6.42 Å². The third-order valence-corrected chi connectivity index (χ3v) is 3.96. The molecule has 4 nitrogen and oxygen atoms in total. The molecule has 1 unspecified atom stereocenters. The number of hydrogen-bond donors (Lipinski definition) is 2. The minimum Gasteiger partial charge on any atom is -0.491 e. The van der Waals surface area contributed by atoms with Crippen molar-refractivity contribution < 1.29 is 14.3 Å². The second-order valence-electron chi connectivity index (χ2n) is 6.60. The minimum atomic E-state index is -0.531. The van der Waals surface area contributed by atoms with Gasteiger partial charge in [-0.1, -0.05) is 44.2 Å². The first-order valence-electron chi connectivity index (χ1n) is 8.71. The summed E-state index contributed by atoms with van der Waals surface area (Å²) in [5.74, 6) is 1.67. The van der Waals surface area contributed by atoms with Crippen LogP contribution < -0.4 is 10.1 Å². The number of benzene rings is 2. The van der Waals surface area contributed by atoms with E-state index in [0.717, 1.165) is 28.9 Å². The van der Waals surface area contributed by atoms with Crippen LogP contribution in [0.15, 0.2) is 59.0 Å². The highest BCUT2D eigenvalue weighted by atomic mass is 16.5. The molecule has 132 valence electrons. The van der Waals surface area contributed by atoms with Gasteiger partial charge in [-0.3, -0.25) is 0 Å². The first-order chi connectivity index (χ1) is 12.1. The van der Waals surface area contributed by atoms with E-state index in [1.807, 2.05) is 56.3 Å². The summed E-state index contributed by atoms with van der Waals surface area (Å²) in [6.07, 6.45) is 0.238. The van der Waals surface area contributed by atoms with Crippen LogP contribution in [0.2, 0.25) is 0 Å². The van der Waals surface area contributed by atoms with E-state index < -0.39 is 6.10 Å². The molecule has 1 aromatic heterocycles. The number of ether oxygens (including phenoxy) is 1. The molecule has 0 radical (unpaired) electrons.